The Morgan fingerprint density at radius 2 is 1.87 bits per heavy atom. The standard InChI is InChI=1S/C27H32F4N6O2/c1-16-11-19(27(29,30)31)13-22(33-16)37-23(38)12-18-15-36(14-17(2)35-9-7-32-8-10-35)25-20(28)5-4-6-21(25)34(3)26(39)24(18)37/h4-6,11,13,17-18,24,32H,7-10,12,14-15H2,1-3H3/t17?,18-,24+/m1/s1. The molecule has 39 heavy (non-hydrogen) atoms. The molecular weight excluding hydrogens is 516 g/mol. The molecule has 0 bridgehead atoms. The summed E-state index contributed by atoms with van der Waals surface area (Å²) in [5, 5.41) is 3.32. The van der Waals surface area contributed by atoms with E-state index in [0.29, 0.717) is 12.2 Å². The van der Waals surface area contributed by atoms with Gasteiger partial charge in [-0.25, -0.2) is 9.37 Å². The van der Waals surface area contributed by atoms with E-state index in [1.807, 2.05) is 4.90 Å². The zero-order chi connectivity index (χ0) is 28.1. The van der Waals surface area contributed by atoms with Crippen LogP contribution in [-0.4, -0.2) is 80.1 Å². The van der Waals surface area contributed by atoms with E-state index in [-0.39, 0.29) is 36.2 Å². The number of pyridine rings is 1. The molecule has 2 aromatic rings. The Labute approximate surface area is 224 Å². The minimum absolute atomic E-state index is 0.0550. The van der Waals surface area contributed by atoms with Gasteiger partial charge in [0, 0.05) is 70.4 Å². The number of para-hydroxylation sites is 1. The van der Waals surface area contributed by atoms with Crippen LogP contribution >= 0.6 is 0 Å². The zero-order valence-electron chi connectivity index (χ0n) is 22.1. The molecule has 2 saturated heterocycles. The number of aryl methyl sites for hydroxylation is 1. The number of amides is 2. The van der Waals surface area contributed by atoms with Crippen molar-refractivity contribution in [2.75, 3.05) is 61.0 Å². The van der Waals surface area contributed by atoms with Gasteiger partial charge in [0.25, 0.3) is 0 Å². The first kappa shape index (κ1) is 27.3. The number of nitrogens with one attached hydrogen (secondary N) is 1. The Hall–Kier alpha value is -3.25. The van der Waals surface area contributed by atoms with E-state index in [2.05, 4.69) is 22.1 Å². The third-order valence-corrected chi connectivity index (χ3v) is 7.89. The van der Waals surface area contributed by atoms with Gasteiger partial charge in [-0.05, 0) is 38.1 Å². The number of alkyl halides is 3. The van der Waals surface area contributed by atoms with Crippen LogP contribution in [0.3, 0.4) is 0 Å². The molecule has 0 spiro atoms. The molecular formula is C27H32F4N6O2. The predicted molar refractivity (Wildman–Crippen MR) is 139 cm³/mol. The molecule has 4 heterocycles. The second kappa shape index (κ2) is 10.4. The summed E-state index contributed by atoms with van der Waals surface area (Å²) in [7, 11) is 1.51. The van der Waals surface area contributed by atoms with Crippen molar-refractivity contribution in [3.63, 3.8) is 0 Å². The highest BCUT2D eigenvalue weighted by molar-refractivity contribution is 6.10. The van der Waals surface area contributed by atoms with Crippen molar-refractivity contribution in [2.45, 2.75) is 38.5 Å². The van der Waals surface area contributed by atoms with E-state index in [9.17, 15) is 22.8 Å². The Morgan fingerprint density at radius 3 is 2.56 bits per heavy atom. The lowest BCUT2D eigenvalue weighted by molar-refractivity contribution is -0.137. The normalized spacial score (nSPS) is 23.4. The number of fused-ring (bicyclic) bond motifs is 2. The summed E-state index contributed by atoms with van der Waals surface area (Å²) in [6, 6.07) is 5.21. The highest BCUT2D eigenvalue weighted by Crippen LogP contribution is 2.41. The van der Waals surface area contributed by atoms with Gasteiger partial charge in [0.2, 0.25) is 11.8 Å². The first-order valence-corrected chi connectivity index (χ1v) is 13.1. The van der Waals surface area contributed by atoms with Crippen molar-refractivity contribution in [1.82, 2.24) is 15.2 Å². The summed E-state index contributed by atoms with van der Waals surface area (Å²) in [6.07, 6.45) is -4.71. The van der Waals surface area contributed by atoms with Crippen LogP contribution in [0.2, 0.25) is 0 Å². The third kappa shape index (κ3) is 5.19. The van der Waals surface area contributed by atoms with Gasteiger partial charge in [0.05, 0.1) is 16.9 Å². The second-order valence-electron chi connectivity index (χ2n) is 10.6. The Bertz CT molecular complexity index is 1270. The molecule has 3 aliphatic rings. The molecule has 2 amide bonds. The number of aromatic nitrogens is 1. The Kier molecular flexibility index (Phi) is 7.27. The fourth-order valence-electron chi connectivity index (χ4n) is 5.99. The number of halogens is 4. The third-order valence-electron chi connectivity index (χ3n) is 7.89. The van der Waals surface area contributed by atoms with Crippen LogP contribution in [0, 0.1) is 18.7 Å². The molecule has 12 heteroatoms. The molecule has 1 N–H and O–H groups in total. The smallest absolute Gasteiger partial charge is 0.366 e. The van der Waals surface area contributed by atoms with Crippen LogP contribution in [0.15, 0.2) is 30.3 Å². The molecule has 5 rings (SSSR count). The van der Waals surface area contributed by atoms with Gasteiger partial charge in [-0.2, -0.15) is 13.2 Å². The number of piperazine rings is 1. The fraction of sp³-hybridized carbons (Fsp3) is 0.519. The molecule has 1 unspecified atom stereocenters. The summed E-state index contributed by atoms with van der Waals surface area (Å²) in [4.78, 5) is 38.0. The van der Waals surface area contributed by atoms with Gasteiger partial charge in [-0.3, -0.25) is 19.4 Å². The molecule has 3 aliphatic heterocycles. The molecule has 1 aromatic heterocycles. The maximum atomic E-state index is 15.4. The van der Waals surface area contributed by atoms with Gasteiger partial charge in [0.1, 0.15) is 17.7 Å². The molecule has 2 fully saturated rings. The lowest BCUT2D eigenvalue weighted by Crippen LogP contribution is -2.55. The van der Waals surface area contributed by atoms with E-state index in [4.69, 9.17) is 0 Å². The molecule has 8 nitrogen and oxygen atoms in total. The quantitative estimate of drug-likeness (QED) is 0.593. The highest BCUT2D eigenvalue weighted by atomic mass is 19.4. The fourth-order valence-corrected chi connectivity index (χ4v) is 5.99. The highest BCUT2D eigenvalue weighted by Gasteiger charge is 2.49. The van der Waals surface area contributed by atoms with Crippen LogP contribution < -0.4 is 20.0 Å². The minimum Gasteiger partial charge on any atom is -0.366 e. The number of nitrogens with zero attached hydrogens (tertiary/aromatic N) is 5. The lowest BCUT2D eigenvalue weighted by atomic mass is 9.95. The molecule has 210 valence electrons. The lowest BCUT2D eigenvalue weighted by Gasteiger charge is -2.41. The van der Waals surface area contributed by atoms with Crippen LogP contribution in [0.4, 0.5) is 34.8 Å². The summed E-state index contributed by atoms with van der Waals surface area (Å²) in [5.41, 5.74) is -0.223. The van der Waals surface area contributed by atoms with Crippen LogP contribution in [0.25, 0.3) is 0 Å². The number of anilines is 3. The van der Waals surface area contributed by atoms with Crippen molar-refractivity contribution in [3.05, 3.63) is 47.4 Å². The average Bonchev–Trinajstić information content (AvgIpc) is 3.21. The molecule has 0 saturated carbocycles. The van der Waals surface area contributed by atoms with E-state index in [1.165, 1.54) is 31.0 Å². The number of carbonyl (C=O) groups excluding carboxylic acids is 2. The predicted octanol–water partition coefficient (Wildman–Crippen LogP) is 3.05. The maximum Gasteiger partial charge on any atom is 0.416 e. The summed E-state index contributed by atoms with van der Waals surface area (Å²) < 4.78 is 56.2. The van der Waals surface area contributed by atoms with E-state index in [1.54, 1.807) is 6.07 Å². The monoisotopic (exact) mass is 548 g/mol. The van der Waals surface area contributed by atoms with Gasteiger partial charge < -0.3 is 15.1 Å². The minimum atomic E-state index is -4.64. The second-order valence-corrected chi connectivity index (χ2v) is 10.6. The summed E-state index contributed by atoms with van der Waals surface area (Å²) >= 11 is 0. The first-order chi connectivity index (χ1) is 18.5. The van der Waals surface area contributed by atoms with E-state index < -0.39 is 41.3 Å². The van der Waals surface area contributed by atoms with Crippen molar-refractivity contribution < 1.29 is 27.2 Å². The van der Waals surface area contributed by atoms with Crippen LogP contribution in [-0.2, 0) is 15.8 Å². The van der Waals surface area contributed by atoms with Crippen molar-refractivity contribution in [3.8, 4) is 0 Å². The number of likely N-dealkylation sites (N-methyl/N-ethyl adjacent to an activating group) is 1. The van der Waals surface area contributed by atoms with Gasteiger partial charge in [0.15, 0.2) is 0 Å². The van der Waals surface area contributed by atoms with Crippen molar-refractivity contribution >= 4 is 29.0 Å². The molecule has 3 atom stereocenters. The molecule has 0 radical (unpaired) electrons. The van der Waals surface area contributed by atoms with E-state index >= 15 is 4.39 Å². The number of hydrogen-bond donors (Lipinski definition) is 1. The zero-order valence-corrected chi connectivity index (χ0v) is 22.1. The van der Waals surface area contributed by atoms with Crippen LogP contribution in [0.5, 0.6) is 0 Å². The number of benzene rings is 1. The summed E-state index contributed by atoms with van der Waals surface area (Å²) in [6.45, 7) is 7.52. The van der Waals surface area contributed by atoms with Gasteiger partial charge in [-0.1, -0.05) is 6.07 Å². The van der Waals surface area contributed by atoms with Gasteiger partial charge >= 0.3 is 6.18 Å². The number of rotatable bonds is 4. The van der Waals surface area contributed by atoms with Crippen molar-refractivity contribution in [1.29, 1.82) is 0 Å². The maximum absolute atomic E-state index is 15.4. The summed E-state index contributed by atoms with van der Waals surface area (Å²) in [5.74, 6) is -2.24. The largest absolute Gasteiger partial charge is 0.416 e. The first-order valence-electron chi connectivity index (χ1n) is 13.1. The van der Waals surface area contributed by atoms with Crippen molar-refractivity contribution in [2.24, 2.45) is 5.92 Å². The van der Waals surface area contributed by atoms with E-state index in [0.717, 1.165) is 43.2 Å². The van der Waals surface area contributed by atoms with Gasteiger partial charge in [-0.15, -0.1) is 0 Å². The topological polar surface area (TPSA) is 72.0 Å². The number of carbonyl (C=O) groups is 2. The Balaban J connectivity index is 1.55. The number of hydrogen-bond acceptors (Lipinski definition) is 6. The molecule has 0 aliphatic carbocycles. The molecule has 1 aromatic carbocycles. The SMILES string of the molecule is Cc1cc(C(F)(F)F)cc(N2C(=O)C[C@@H]3CN(CC(C)N4CCNCC4)c4c(F)cccc4N(C)C(=O)[C@H]32)n1. The van der Waals surface area contributed by atoms with Crippen LogP contribution in [0.1, 0.15) is 24.6 Å². The average molecular weight is 549 g/mol. The Morgan fingerprint density at radius 1 is 1.15 bits per heavy atom.